The molecule has 1 aromatic carbocycles. The molecule has 1 aromatic rings. The number of hydrogen-bond acceptors (Lipinski definition) is 1. The van der Waals surface area contributed by atoms with E-state index >= 15 is 0 Å². The molecule has 2 nitrogen and oxygen atoms in total. The fraction of sp³-hybridized carbons (Fsp3) is 0.500. The molecule has 2 rings (SSSR count). The van der Waals surface area contributed by atoms with E-state index in [0.29, 0.717) is 0 Å². The van der Waals surface area contributed by atoms with Gasteiger partial charge in [0.15, 0.2) is 0 Å². The molecule has 1 amide bonds. The standard InChI is InChI=1S/C18H25NO/c1-5-7-13(2)10-11-15(4)19-12-17-14(3)8-6-9-16(17)18(19)20/h6,8-9,15H,2,5,7,10-12H2,1,3-4H3. The van der Waals surface area contributed by atoms with Gasteiger partial charge in [0.05, 0.1) is 0 Å². The number of allylic oxidation sites excluding steroid dienone is 1. The molecule has 0 fully saturated rings. The number of hydrogen-bond donors (Lipinski definition) is 0. The average molecular weight is 271 g/mol. The number of benzene rings is 1. The van der Waals surface area contributed by atoms with E-state index in [1.165, 1.54) is 16.7 Å². The second-order valence-electron chi connectivity index (χ2n) is 5.92. The van der Waals surface area contributed by atoms with Crippen molar-refractivity contribution in [1.29, 1.82) is 0 Å². The molecule has 0 saturated carbocycles. The predicted octanol–water partition coefficient (Wildman–Crippen LogP) is 4.48. The Morgan fingerprint density at radius 2 is 2.15 bits per heavy atom. The summed E-state index contributed by atoms with van der Waals surface area (Å²) >= 11 is 0. The van der Waals surface area contributed by atoms with Gasteiger partial charge in [-0.05, 0) is 50.3 Å². The van der Waals surface area contributed by atoms with Crippen molar-refractivity contribution < 1.29 is 4.79 Å². The Hall–Kier alpha value is -1.57. The zero-order valence-corrected chi connectivity index (χ0v) is 12.9. The normalized spacial score (nSPS) is 15.3. The van der Waals surface area contributed by atoms with Crippen LogP contribution in [-0.2, 0) is 6.54 Å². The van der Waals surface area contributed by atoms with Gasteiger partial charge in [-0.2, -0.15) is 0 Å². The van der Waals surface area contributed by atoms with E-state index in [-0.39, 0.29) is 11.9 Å². The molecule has 0 N–H and O–H groups in total. The lowest BCUT2D eigenvalue weighted by atomic mass is 10.0. The lowest BCUT2D eigenvalue weighted by Crippen LogP contribution is -2.33. The van der Waals surface area contributed by atoms with E-state index in [1.807, 2.05) is 17.0 Å². The SMILES string of the molecule is C=C(CCC)CCC(C)N1Cc2c(C)cccc2C1=O. The van der Waals surface area contributed by atoms with Crippen LogP contribution in [-0.4, -0.2) is 16.8 Å². The maximum atomic E-state index is 12.5. The van der Waals surface area contributed by atoms with E-state index in [4.69, 9.17) is 0 Å². The van der Waals surface area contributed by atoms with Gasteiger partial charge in [-0.25, -0.2) is 0 Å². The zero-order chi connectivity index (χ0) is 14.7. The Kier molecular flexibility index (Phi) is 4.64. The van der Waals surface area contributed by atoms with Crippen LogP contribution in [0.1, 0.15) is 61.0 Å². The number of carbonyl (C=O) groups is 1. The van der Waals surface area contributed by atoms with Gasteiger partial charge >= 0.3 is 0 Å². The van der Waals surface area contributed by atoms with Crippen LogP contribution >= 0.6 is 0 Å². The van der Waals surface area contributed by atoms with Gasteiger partial charge in [0.1, 0.15) is 0 Å². The van der Waals surface area contributed by atoms with Crippen molar-refractivity contribution in [2.45, 2.75) is 59.0 Å². The molecular formula is C18H25NO. The third kappa shape index (κ3) is 2.95. The van der Waals surface area contributed by atoms with Crippen molar-refractivity contribution in [3.63, 3.8) is 0 Å². The van der Waals surface area contributed by atoms with E-state index in [0.717, 1.165) is 37.8 Å². The Bertz CT molecular complexity index is 518. The molecule has 0 radical (unpaired) electrons. The topological polar surface area (TPSA) is 20.3 Å². The van der Waals surface area contributed by atoms with Gasteiger partial charge in [-0.3, -0.25) is 4.79 Å². The highest BCUT2D eigenvalue weighted by molar-refractivity contribution is 5.98. The molecule has 108 valence electrons. The molecule has 0 saturated heterocycles. The minimum absolute atomic E-state index is 0.192. The summed E-state index contributed by atoms with van der Waals surface area (Å²) in [6, 6.07) is 6.29. The number of carbonyl (C=O) groups excluding carboxylic acids is 1. The first-order chi connectivity index (χ1) is 9.54. The molecule has 0 aliphatic carbocycles. The van der Waals surface area contributed by atoms with Crippen LogP contribution in [0.5, 0.6) is 0 Å². The molecule has 20 heavy (non-hydrogen) atoms. The summed E-state index contributed by atoms with van der Waals surface area (Å²) in [5.74, 6) is 0.192. The Morgan fingerprint density at radius 3 is 2.80 bits per heavy atom. The van der Waals surface area contributed by atoms with Crippen molar-refractivity contribution in [1.82, 2.24) is 4.90 Å². The first-order valence-corrected chi connectivity index (χ1v) is 7.60. The van der Waals surface area contributed by atoms with Crippen LogP contribution in [0.2, 0.25) is 0 Å². The fourth-order valence-corrected chi connectivity index (χ4v) is 2.91. The molecule has 1 aliphatic rings. The minimum Gasteiger partial charge on any atom is -0.332 e. The summed E-state index contributed by atoms with van der Waals surface area (Å²) in [6.07, 6.45) is 4.28. The van der Waals surface area contributed by atoms with Crippen molar-refractivity contribution in [3.05, 3.63) is 47.0 Å². The van der Waals surface area contributed by atoms with E-state index in [1.54, 1.807) is 0 Å². The largest absolute Gasteiger partial charge is 0.332 e. The van der Waals surface area contributed by atoms with Crippen LogP contribution in [0.4, 0.5) is 0 Å². The summed E-state index contributed by atoms with van der Waals surface area (Å²) in [7, 11) is 0. The molecule has 2 heteroatoms. The first-order valence-electron chi connectivity index (χ1n) is 7.60. The van der Waals surface area contributed by atoms with E-state index < -0.39 is 0 Å². The first kappa shape index (κ1) is 14.8. The molecule has 1 unspecified atom stereocenters. The smallest absolute Gasteiger partial charge is 0.254 e. The quantitative estimate of drug-likeness (QED) is 0.699. The number of amides is 1. The van der Waals surface area contributed by atoms with Crippen LogP contribution < -0.4 is 0 Å². The molecule has 0 bridgehead atoms. The highest BCUT2D eigenvalue weighted by Crippen LogP contribution is 2.28. The molecule has 1 heterocycles. The monoisotopic (exact) mass is 271 g/mol. The predicted molar refractivity (Wildman–Crippen MR) is 83.8 cm³/mol. The zero-order valence-electron chi connectivity index (χ0n) is 12.9. The Morgan fingerprint density at radius 1 is 1.40 bits per heavy atom. The van der Waals surface area contributed by atoms with Crippen LogP contribution in [0.25, 0.3) is 0 Å². The highest BCUT2D eigenvalue weighted by atomic mass is 16.2. The Balaban J connectivity index is 2.00. The highest BCUT2D eigenvalue weighted by Gasteiger charge is 2.31. The number of aryl methyl sites for hydroxylation is 1. The van der Waals surface area contributed by atoms with Gasteiger partial charge in [0.25, 0.3) is 5.91 Å². The van der Waals surface area contributed by atoms with Crippen LogP contribution in [0.15, 0.2) is 30.4 Å². The summed E-state index contributed by atoms with van der Waals surface area (Å²) in [5, 5.41) is 0. The van der Waals surface area contributed by atoms with Crippen LogP contribution in [0.3, 0.4) is 0 Å². The number of nitrogens with zero attached hydrogens (tertiary/aromatic N) is 1. The summed E-state index contributed by atoms with van der Waals surface area (Å²) in [5.41, 5.74) is 4.63. The fourth-order valence-electron chi connectivity index (χ4n) is 2.91. The maximum Gasteiger partial charge on any atom is 0.254 e. The minimum atomic E-state index is 0.192. The van der Waals surface area contributed by atoms with E-state index in [9.17, 15) is 4.79 Å². The van der Waals surface area contributed by atoms with Crippen molar-refractivity contribution in [3.8, 4) is 0 Å². The summed E-state index contributed by atoms with van der Waals surface area (Å²) in [4.78, 5) is 14.5. The van der Waals surface area contributed by atoms with Gasteiger partial charge in [-0.15, -0.1) is 0 Å². The molecule has 1 aliphatic heterocycles. The molecular weight excluding hydrogens is 246 g/mol. The lowest BCUT2D eigenvalue weighted by molar-refractivity contribution is 0.0709. The van der Waals surface area contributed by atoms with Gasteiger partial charge in [-0.1, -0.05) is 37.6 Å². The molecule has 0 spiro atoms. The van der Waals surface area contributed by atoms with Crippen molar-refractivity contribution in [2.75, 3.05) is 0 Å². The summed E-state index contributed by atoms with van der Waals surface area (Å²) in [6.45, 7) is 11.3. The van der Waals surface area contributed by atoms with Crippen molar-refractivity contribution in [2.24, 2.45) is 0 Å². The van der Waals surface area contributed by atoms with Gasteiger partial charge < -0.3 is 4.90 Å². The van der Waals surface area contributed by atoms with Crippen LogP contribution in [0, 0.1) is 6.92 Å². The second-order valence-corrected chi connectivity index (χ2v) is 5.92. The molecule has 0 aromatic heterocycles. The lowest BCUT2D eigenvalue weighted by Gasteiger charge is -2.24. The van der Waals surface area contributed by atoms with E-state index in [2.05, 4.69) is 33.4 Å². The third-order valence-corrected chi connectivity index (χ3v) is 4.28. The third-order valence-electron chi connectivity index (χ3n) is 4.28. The number of rotatable bonds is 6. The Labute approximate surface area is 122 Å². The van der Waals surface area contributed by atoms with Gasteiger partial charge in [0, 0.05) is 18.2 Å². The second kappa shape index (κ2) is 6.25. The summed E-state index contributed by atoms with van der Waals surface area (Å²) < 4.78 is 0. The maximum absolute atomic E-state index is 12.5. The molecule has 1 atom stereocenters. The average Bonchev–Trinajstić information content (AvgIpc) is 2.76. The number of fused-ring (bicyclic) bond motifs is 1. The van der Waals surface area contributed by atoms with Gasteiger partial charge in [0.2, 0.25) is 0 Å². The van der Waals surface area contributed by atoms with Crippen molar-refractivity contribution >= 4 is 5.91 Å².